The number of likely N-dealkylation sites (N-methyl/N-ethyl adjacent to an activating group) is 1. The van der Waals surface area contributed by atoms with Gasteiger partial charge in [-0.05, 0) is 19.1 Å². The average molecular weight is 337 g/mol. The molecule has 0 spiro atoms. The lowest BCUT2D eigenvalue weighted by Crippen LogP contribution is -2.30. The molecule has 0 radical (unpaired) electrons. The Hall–Kier alpha value is -3.42. The van der Waals surface area contributed by atoms with Crippen molar-refractivity contribution in [3.05, 3.63) is 42.4 Å². The molecule has 1 N–H and O–H groups in total. The number of hydrogen-bond donors (Lipinski definition) is 1. The fourth-order valence-electron chi connectivity index (χ4n) is 2.68. The van der Waals surface area contributed by atoms with Gasteiger partial charge in [0.15, 0.2) is 17.2 Å². The van der Waals surface area contributed by atoms with E-state index < -0.39 is 0 Å². The zero-order valence-corrected chi connectivity index (χ0v) is 13.7. The highest BCUT2D eigenvalue weighted by molar-refractivity contribution is 6.06. The Morgan fingerprint density at radius 3 is 2.92 bits per heavy atom. The Morgan fingerprint density at radius 2 is 2.12 bits per heavy atom. The summed E-state index contributed by atoms with van der Waals surface area (Å²) in [6.07, 6.45) is 1.47. The lowest BCUT2D eigenvalue weighted by atomic mass is 10.2. The molecule has 0 atom stereocenters. The molecule has 1 amide bonds. The molecule has 126 valence electrons. The van der Waals surface area contributed by atoms with Crippen molar-refractivity contribution in [3.8, 4) is 0 Å². The second-order valence-corrected chi connectivity index (χ2v) is 5.70. The maximum absolute atomic E-state index is 12.2. The molecule has 25 heavy (non-hydrogen) atoms. The molecule has 0 bridgehead atoms. The zero-order valence-electron chi connectivity index (χ0n) is 13.7. The van der Waals surface area contributed by atoms with Crippen molar-refractivity contribution in [1.82, 2.24) is 15.1 Å². The topological polar surface area (TPSA) is 97.3 Å². The Labute approximate surface area is 142 Å². The zero-order chi connectivity index (χ0) is 17.4. The fourth-order valence-corrected chi connectivity index (χ4v) is 2.68. The highest BCUT2D eigenvalue weighted by atomic mass is 16.5. The van der Waals surface area contributed by atoms with Gasteiger partial charge in [-0.25, -0.2) is 9.97 Å². The van der Waals surface area contributed by atoms with Crippen LogP contribution in [0.1, 0.15) is 5.76 Å². The van der Waals surface area contributed by atoms with Crippen LogP contribution in [0.3, 0.4) is 0 Å². The number of para-hydroxylation sites is 1. The summed E-state index contributed by atoms with van der Waals surface area (Å²) in [6.45, 7) is 1.84. The SMILES string of the molecule is Cc1cc(NC(=O)CN(C)c2ncnc3c2oc2ccccc23)no1. The normalized spacial score (nSPS) is 11.1. The predicted octanol–water partition coefficient (Wildman–Crippen LogP) is 2.75. The van der Waals surface area contributed by atoms with E-state index in [-0.39, 0.29) is 12.5 Å². The van der Waals surface area contributed by atoms with Crippen molar-refractivity contribution in [2.24, 2.45) is 0 Å². The molecule has 0 saturated carbocycles. The van der Waals surface area contributed by atoms with Crippen LogP contribution in [0.2, 0.25) is 0 Å². The number of carbonyl (C=O) groups excluding carboxylic acids is 1. The molecule has 1 aromatic carbocycles. The first-order valence-corrected chi connectivity index (χ1v) is 7.68. The number of nitrogens with zero attached hydrogens (tertiary/aromatic N) is 4. The van der Waals surface area contributed by atoms with E-state index in [2.05, 4.69) is 20.4 Å². The van der Waals surface area contributed by atoms with Gasteiger partial charge in [-0.3, -0.25) is 4.79 Å². The minimum atomic E-state index is -0.237. The third-order valence-electron chi connectivity index (χ3n) is 3.78. The average Bonchev–Trinajstić information content (AvgIpc) is 3.17. The van der Waals surface area contributed by atoms with Gasteiger partial charge in [-0.1, -0.05) is 17.3 Å². The first-order chi connectivity index (χ1) is 12.1. The first kappa shape index (κ1) is 15.1. The molecule has 8 nitrogen and oxygen atoms in total. The largest absolute Gasteiger partial charge is 0.450 e. The molecule has 8 heteroatoms. The number of hydrogen-bond acceptors (Lipinski definition) is 7. The van der Waals surface area contributed by atoms with E-state index in [0.717, 1.165) is 16.5 Å². The summed E-state index contributed by atoms with van der Waals surface area (Å²) in [5, 5.41) is 7.34. The summed E-state index contributed by atoms with van der Waals surface area (Å²) in [7, 11) is 1.77. The molecule has 3 aromatic heterocycles. The minimum absolute atomic E-state index is 0.0784. The molecular weight excluding hydrogens is 322 g/mol. The van der Waals surface area contributed by atoms with Gasteiger partial charge in [0.25, 0.3) is 0 Å². The van der Waals surface area contributed by atoms with E-state index in [4.69, 9.17) is 8.94 Å². The van der Waals surface area contributed by atoms with Gasteiger partial charge in [0.1, 0.15) is 23.2 Å². The summed E-state index contributed by atoms with van der Waals surface area (Å²) < 4.78 is 10.8. The number of nitrogens with one attached hydrogen (secondary N) is 1. The quantitative estimate of drug-likeness (QED) is 0.611. The molecule has 0 unspecified atom stereocenters. The molecule has 0 fully saturated rings. The van der Waals surface area contributed by atoms with E-state index in [9.17, 15) is 4.79 Å². The fraction of sp³-hybridized carbons (Fsp3) is 0.176. The van der Waals surface area contributed by atoms with Gasteiger partial charge in [0, 0.05) is 18.5 Å². The number of furan rings is 1. The standard InChI is InChI=1S/C17H15N5O3/c1-10-7-13(21-25-10)20-14(23)8-22(2)17-16-15(18-9-19-17)11-5-3-4-6-12(11)24-16/h3-7,9H,8H2,1-2H3,(H,20,21,23). The number of aromatic nitrogens is 3. The number of fused-ring (bicyclic) bond motifs is 3. The molecule has 0 aliphatic heterocycles. The van der Waals surface area contributed by atoms with Crippen LogP contribution < -0.4 is 10.2 Å². The maximum atomic E-state index is 12.2. The van der Waals surface area contributed by atoms with Crippen LogP contribution in [-0.4, -0.2) is 34.6 Å². The third kappa shape index (κ3) is 2.78. The van der Waals surface area contributed by atoms with Crippen molar-refractivity contribution in [2.45, 2.75) is 6.92 Å². The molecular formula is C17H15N5O3. The number of anilines is 2. The number of amides is 1. The van der Waals surface area contributed by atoms with E-state index in [1.807, 2.05) is 24.3 Å². The van der Waals surface area contributed by atoms with Gasteiger partial charge in [0.05, 0.1) is 6.54 Å². The van der Waals surface area contributed by atoms with Gasteiger partial charge in [-0.15, -0.1) is 0 Å². The Kier molecular flexibility index (Phi) is 3.57. The summed E-state index contributed by atoms with van der Waals surface area (Å²) in [5.41, 5.74) is 2.01. The summed E-state index contributed by atoms with van der Waals surface area (Å²) in [6, 6.07) is 9.29. The van der Waals surface area contributed by atoms with Gasteiger partial charge in [-0.2, -0.15) is 0 Å². The summed E-state index contributed by atoms with van der Waals surface area (Å²) in [5.74, 6) is 1.32. The highest BCUT2D eigenvalue weighted by Crippen LogP contribution is 2.31. The second-order valence-electron chi connectivity index (χ2n) is 5.70. The van der Waals surface area contributed by atoms with Crippen LogP contribution in [0, 0.1) is 6.92 Å². The number of aryl methyl sites for hydroxylation is 1. The highest BCUT2D eigenvalue weighted by Gasteiger charge is 2.18. The smallest absolute Gasteiger partial charge is 0.245 e. The number of carbonyl (C=O) groups is 1. The van der Waals surface area contributed by atoms with Crippen LogP contribution in [-0.2, 0) is 4.79 Å². The second kappa shape index (κ2) is 5.90. The van der Waals surface area contributed by atoms with Crippen molar-refractivity contribution in [1.29, 1.82) is 0 Å². The van der Waals surface area contributed by atoms with Crippen molar-refractivity contribution >= 4 is 39.6 Å². The maximum Gasteiger partial charge on any atom is 0.245 e. The molecule has 4 rings (SSSR count). The van der Waals surface area contributed by atoms with E-state index in [1.165, 1.54) is 6.33 Å². The molecule has 0 aliphatic rings. The minimum Gasteiger partial charge on any atom is -0.450 e. The van der Waals surface area contributed by atoms with Crippen molar-refractivity contribution in [3.63, 3.8) is 0 Å². The van der Waals surface area contributed by atoms with Crippen LogP contribution >= 0.6 is 0 Å². The monoisotopic (exact) mass is 337 g/mol. The van der Waals surface area contributed by atoms with E-state index in [0.29, 0.717) is 23.0 Å². The summed E-state index contributed by atoms with van der Waals surface area (Å²) in [4.78, 5) is 22.5. The van der Waals surface area contributed by atoms with E-state index in [1.54, 1.807) is 24.9 Å². The van der Waals surface area contributed by atoms with Crippen molar-refractivity contribution < 1.29 is 13.7 Å². The molecule has 0 saturated heterocycles. The van der Waals surface area contributed by atoms with Crippen LogP contribution in [0.15, 0.2) is 45.6 Å². The lowest BCUT2D eigenvalue weighted by Gasteiger charge is -2.16. The first-order valence-electron chi connectivity index (χ1n) is 7.68. The Morgan fingerprint density at radius 1 is 1.28 bits per heavy atom. The Balaban J connectivity index is 1.61. The van der Waals surface area contributed by atoms with Gasteiger partial charge >= 0.3 is 0 Å². The number of benzene rings is 1. The Bertz CT molecular complexity index is 1070. The molecule has 0 aliphatic carbocycles. The van der Waals surface area contributed by atoms with Gasteiger partial charge in [0.2, 0.25) is 5.91 Å². The van der Waals surface area contributed by atoms with Crippen LogP contribution in [0.25, 0.3) is 22.1 Å². The predicted molar refractivity (Wildman–Crippen MR) is 92.4 cm³/mol. The van der Waals surface area contributed by atoms with Crippen LogP contribution in [0.5, 0.6) is 0 Å². The molecule has 4 aromatic rings. The van der Waals surface area contributed by atoms with Crippen molar-refractivity contribution in [2.75, 3.05) is 23.8 Å². The third-order valence-corrected chi connectivity index (χ3v) is 3.78. The summed E-state index contributed by atoms with van der Waals surface area (Å²) >= 11 is 0. The lowest BCUT2D eigenvalue weighted by molar-refractivity contribution is -0.115. The van der Waals surface area contributed by atoms with E-state index >= 15 is 0 Å². The molecule has 3 heterocycles. The van der Waals surface area contributed by atoms with Crippen LogP contribution in [0.4, 0.5) is 11.6 Å². The van der Waals surface area contributed by atoms with Gasteiger partial charge < -0.3 is 19.2 Å². The number of rotatable bonds is 4.